The van der Waals surface area contributed by atoms with Crippen LogP contribution in [0.1, 0.15) is 5.56 Å². The van der Waals surface area contributed by atoms with Crippen molar-refractivity contribution in [2.75, 3.05) is 20.3 Å². The Labute approximate surface area is 132 Å². The molecule has 0 fully saturated rings. The molecule has 20 heavy (non-hydrogen) atoms. The van der Waals surface area contributed by atoms with Crippen molar-refractivity contribution in [3.63, 3.8) is 0 Å². The number of hydrogen-bond donors (Lipinski definition) is 1. The SMILES string of the molecule is COCCNCc1cccnc1Sc1ccc(Br)cc1. The maximum Gasteiger partial charge on any atom is 0.105 e. The van der Waals surface area contributed by atoms with Gasteiger partial charge in [-0.2, -0.15) is 0 Å². The van der Waals surface area contributed by atoms with Gasteiger partial charge in [0.05, 0.1) is 6.61 Å². The molecular weight excluding hydrogens is 336 g/mol. The van der Waals surface area contributed by atoms with E-state index >= 15 is 0 Å². The minimum atomic E-state index is 0.718. The predicted molar refractivity (Wildman–Crippen MR) is 86.1 cm³/mol. The summed E-state index contributed by atoms with van der Waals surface area (Å²) in [6.07, 6.45) is 1.83. The number of nitrogens with zero attached hydrogens (tertiary/aromatic N) is 1. The highest BCUT2D eigenvalue weighted by Gasteiger charge is 2.05. The van der Waals surface area contributed by atoms with Gasteiger partial charge in [-0.05, 0) is 35.9 Å². The van der Waals surface area contributed by atoms with E-state index in [1.165, 1.54) is 10.5 Å². The van der Waals surface area contributed by atoms with Gasteiger partial charge >= 0.3 is 0 Å². The van der Waals surface area contributed by atoms with E-state index in [2.05, 4.69) is 44.4 Å². The molecule has 3 nitrogen and oxygen atoms in total. The quantitative estimate of drug-likeness (QED) is 0.769. The molecule has 1 aromatic heterocycles. The van der Waals surface area contributed by atoms with Crippen LogP contribution in [0.4, 0.5) is 0 Å². The summed E-state index contributed by atoms with van der Waals surface area (Å²) >= 11 is 5.13. The molecule has 0 saturated heterocycles. The molecule has 2 rings (SSSR count). The van der Waals surface area contributed by atoms with Gasteiger partial charge in [0.2, 0.25) is 0 Å². The van der Waals surface area contributed by atoms with E-state index in [1.807, 2.05) is 24.4 Å². The number of methoxy groups -OCH3 is 1. The zero-order valence-corrected chi connectivity index (χ0v) is 13.7. The molecule has 5 heteroatoms. The molecule has 0 aliphatic rings. The molecule has 1 N–H and O–H groups in total. The fourth-order valence-electron chi connectivity index (χ4n) is 1.66. The van der Waals surface area contributed by atoms with Crippen LogP contribution in [0.5, 0.6) is 0 Å². The maximum atomic E-state index is 5.03. The first-order valence-corrected chi connectivity index (χ1v) is 7.97. The minimum absolute atomic E-state index is 0.718. The number of rotatable bonds is 7. The lowest BCUT2D eigenvalue weighted by Gasteiger charge is -2.09. The first-order chi connectivity index (χ1) is 9.79. The van der Waals surface area contributed by atoms with Gasteiger partial charge in [0.15, 0.2) is 0 Å². The smallest absolute Gasteiger partial charge is 0.105 e. The Morgan fingerprint density at radius 2 is 2.05 bits per heavy atom. The van der Waals surface area contributed by atoms with Crippen molar-refractivity contribution >= 4 is 27.7 Å². The van der Waals surface area contributed by atoms with Gasteiger partial charge in [-0.15, -0.1) is 0 Å². The highest BCUT2D eigenvalue weighted by molar-refractivity contribution is 9.10. The Bertz CT molecular complexity index is 534. The average Bonchev–Trinajstić information content (AvgIpc) is 2.47. The Hall–Kier alpha value is -0.880. The second kappa shape index (κ2) is 8.42. The predicted octanol–water partition coefficient (Wildman–Crippen LogP) is 3.73. The summed E-state index contributed by atoms with van der Waals surface area (Å²) in [4.78, 5) is 5.66. The van der Waals surface area contributed by atoms with Crippen molar-refractivity contribution in [1.82, 2.24) is 10.3 Å². The van der Waals surface area contributed by atoms with E-state index in [0.717, 1.165) is 29.2 Å². The Balaban J connectivity index is 2.01. The summed E-state index contributed by atoms with van der Waals surface area (Å²) in [6, 6.07) is 12.3. The third-order valence-corrected chi connectivity index (χ3v) is 4.27. The lowest BCUT2D eigenvalue weighted by atomic mass is 10.3. The molecule has 0 saturated carbocycles. The fraction of sp³-hybridized carbons (Fsp3) is 0.267. The van der Waals surface area contributed by atoms with Gasteiger partial charge in [0.1, 0.15) is 5.03 Å². The van der Waals surface area contributed by atoms with Crippen LogP contribution in [0, 0.1) is 0 Å². The summed E-state index contributed by atoms with van der Waals surface area (Å²) < 4.78 is 6.12. The Morgan fingerprint density at radius 1 is 1.25 bits per heavy atom. The minimum Gasteiger partial charge on any atom is -0.383 e. The first kappa shape index (κ1) is 15.5. The van der Waals surface area contributed by atoms with Crippen LogP contribution >= 0.6 is 27.7 Å². The molecule has 0 radical (unpaired) electrons. The van der Waals surface area contributed by atoms with E-state index in [-0.39, 0.29) is 0 Å². The second-order valence-electron chi connectivity index (χ2n) is 4.19. The van der Waals surface area contributed by atoms with Crippen LogP contribution in [0.2, 0.25) is 0 Å². The van der Waals surface area contributed by atoms with E-state index in [4.69, 9.17) is 4.74 Å². The summed E-state index contributed by atoms with van der Waals surface area (Å²) in [5.41, 5.74) is 1.21. The lowest BCUT2D eigenvalue weighted by molar-refractivity contribution is 0.199. The highest BCUT2D eigenvalue weighted by Crippen LogP contribution is 2.29. The zero-order valence-electron chi connectivity index (χ0n) is 11.3. The number of ether oxygens (including phenoxy) is 1. The Kier molecular flexibility index (Phi) is 6.53. The molecule has 0 bridgehead atoms. The molecule has 1 aromatic carbocycles. The van der Waals surface area contributed by atoms with Crippen molar-refractivity contribution < 1.29 is 4.74 Å². The molecule has 0 aliphatic carbocycles. The number of aromatic nitrogens is 1. The van der Waals surface area contributed by atoms with Gasteiger partial charge in [-0.1, -0.05) is 33.8 Å². The largest absolute Gasteiger partial charge is 0.383 e. The van der Waals surface area contributed by atoms with Crippen LogP contribution in [0.15, 0.2) is 57.0 Å². The third kappa shape index (κ3) is 4.90. The van der Waals surface area contributed by atoms with E-state index in [9.17, 15) is 0 Å². The van der Waals surface area contributed by atoms with Gasteiger partial charge in [-0.25, -0.2) is 4.98 Å². The fourth-order valence-corrected chi connectivity index (χ4v) is 2.81. The number of hydrogen-bond acceptors (Lipinski definition) is 4. The topological polar surface area (TPSA) is 34.1 Å². The molecule has 0 aliphatic heterocycles. The average molecular weight is 353 g/mol. The van der Waals surface area contributed by atoms with Crippen LogP contribution in [0.3, 0.4) is 0 Å². The zero-order chi connectivity index (χ0) is 14.2. The summed E-state index contributed by atoms with van der Waals surface area (Å²) in [6.45, 7) is 2.36. The number of benzene rings is 1. The van der Waals surface area contributed by atoms with Gasteiger partial charge < -0.3 is 10.1 Å². The summed E-state index contributed by atoms with van der Waals surface area (Å²) in [7, 11) is 1.71. The van der Waals surface area contributed by atoms with E-state index in [1.54, 1.807) is 18.9 Å². The molecule has 0 atom stereocenters. The molecule has 1 heterocycles. The van der Waals surface area contributed by atoms with Crippen LogP contribution in [0.25, 0.3) is 0 Å². The molecule has 0 amide bonds. The van der Waals surface area contributed by atoms with Crippen LogP contribution in [-0.2, 0) is 11.3 Å². The van der Waals surface area contributed by atoms with Gasteiger partial charge in [0.25, 0.3) is 0 Å². The molecule has 2 aromatic rings. The summed E-state index contributed by atoms with van der Waals surface area (Å²) in [5.74, 6) is 0. The normalized spacial score (nSPS) is 10.7. The van der Waals surface area contributed by atoms with Crippen molar-refractivity contribution in [2.45, 2.75) is 16.5 Å². The summed E-state index contributed by atoms with van der Waals surface area (Å²) in [5, 5.41) is 4.39. The van der Waals surface area contributed by atoms with Crippen LogP contribution < -0.4 is 5.32 Å². The monoisotopic (exact) mass is 352 g/mol. The lowest BCUT2D eigenvalue weighted by Crippen LogP contribution is -2.19. The highest BCUT2D eigenvalue weighted by atomic mass is 79.9. The van der Waals surface area contributed by atoms with Crippen molar-refractivity contribution in [1.29, 1.82) is 0 Å². The van der Waals surface area contributed by atoms with Crippen molar-refractivity contribution in [2.24, 2.45) is 0 Å². The number of pyridine rings is 1. The van der Waals surface area contributed by atoms with Gasteiger partial charge in [-0.3, -0.25) is 0 Å². The number of halogens is 1. The van der Waals surface area contributed by atoms with E-state index in [0.29, 0.717) is 0 Å². The van der Waals surface area contributed by atoms with Crippen LogP contribution in [-0.4, -0.2) is 25.2 Å². The molecule has 106 valence electrons. The number of nitrogens with one attached hydrogen (secondary N) is 1. The van der Waals surface area contributed by atoms with Crippen molar-refractivity contribution in [3.8, 4) is 0 Å². The first-order valence-electron chi connectivity index (χ1n) is 6.36. The second-order valence-corrected chi connectivity index (χ2v) is 6.17. The molecule has 0 unspecified atom stereocenters. The molecular formula is C15H17BrN2OS. The van der Waals surface area contributed by atoms with Crippen molar-refractivity contribution in [3.05, 3.63) is 52.6 Å². The maximum absolute atomic E-state index is 5.03. The van der Waals surface area contributed by atoms with E-state index < -0.39 is 0 Å². The standard InChI is InChI=1S/C15H17BrN2OS/c1-19-10-9-17-11-12-3-2-8-18-15(12)20-14-6-4-13(16)5-7-14/h2-8,17H,9-11H2,1H3. The third-order valence-electron chi connectivity index (χ3n) is 2.68. The Morgan fingerprint density at radius 3 is 2.80 bits per heavy atom. The molecule has 0 spiro atoms. The van der Waals surface area contributed by atoms with Gasteiger partial charge in [0, 0.05) is 35.8 Å².